The number of aromatic hydroxyl groups is 1. The van der Waals surface area contributed by atoms with Gasteiger partial charge >= 0.3 is 11.9 Å². The predicted octanol–water partition coefficient (Wildman–Crippen LogP) is 10.9. The quantitative estimate of drug-likeness (QED) is 0.0626. The minimum atomic E-state index is -0.550. The van der Waals surface area contributed by atoms with Crippen LogP contribution in [-0.4, -0.2) is 78.2 Å². The molecule has 0 heterocycles. The van der Waals surface area contributed by atoms with Crippen molar-refractivity contribution in [1.29, 1.82) is 0 Å². The molecule has 0 bridgehead atoms. The van der Waals surface area contributed by atoms with Crippen molar-refractivity contribution in [1.82, 2.24) is 16.0 Å². The Bertz CT molecular complexity index is 2170. The lowest BCUT2D eigenvalue weighted by molar-refractivity contribution is -0.155. The minimum Gasteiger partial charge on any atom is -0.508 e. The number of ketones is 2. The number of methoxy groups -OCH3 is 1. The molecule has 76 heavy (non-hydrogen) atoms. The Kier molecular flexibility index (Phi) is 24.4. The zero-order valence-corrected chi connectivity index (χ0v) is 46.6. The Morgan fingerprint density at radius 3 is 1.75 bits per heavy atom. The molecule has 420 valence electrons. The number of ether oxygens (including phenoxy) is 2. The lowest BCUT2D eigenvalue weighted by Crippen LogP contribution is -2.43. The fourth-order valence-electron chi connectivity index (χ4n) is 13.2. The van der Waals surface area contributed by atoms with Crippen molar-refractivity contribution < 1.29 is 48.1 Å². The third-order valence-electron chi connectivity index (χ3n) is 17.4. The van der Waals surface area contributed by atoms with Gasteiger partial charge in [0.05, 0.1) is 13.0 Å². The maximum absolute atomic E-state index is 14.4. The van der Waals surface area contributed by atoms with E-state index in [2.05, 4.69) is 28.1 Å². The highest BCUT2D eigenvalue weighted by Crippen LogP contribution is 2.38. The second-order valence-electron chi connectivity index (χ2n) is 24.3. The first kappa shape index (κ1) is 60.2. The number of phenols is 1. The largest absolute Gasteiger partial charge is 0.508 e. The molecule has 4 aliphatic rings. The Hall–Kier alpha value is -5.07. The van der Waals surface area contributed by atoms with Gasteiger partial charge in [-0.3, -0.25) is 33.6 Å². The highest BCUT2D eigenvalue weighted by Gasteiger charge is 2.37. The molecule has 0 radical (unpaired) electrons. The molecule has 10 atom stereocenters. The Labute approximate surface area is 454 Å². The zero-order valence-electron chi connectivity index (χ0n) is 46.6. The average Bonchev–Trinajstić information content (AvgIpc) is 3.42. The van der Waals surface area contributed by atoms with E-state index in [1.807, 2.05) is 51.1 Å². The van der Waals surface area contributed by atoms with Crippen molar-refractivity contribution in [3.05, 3.63) is 65.7 Å². The van der Waals surface area contributed by atoms with Crippen LogP contribution in [0.1, 0.15) is 192 Å². The number of nitrogens with one attached hydrogen (secondary N) is 3. The highest BCUT2D eigenvalue weighted by molar-refractivity contribution is 5.83. The van der Waals surface area contributed by atoms with Gasteiger partial charge in [-0.25, -0.2) is 0 Å². The van der Waals surface area contributed by atoms with E-state index in [4.69, 9.17) is 9.47 Å². The second kappa shape index (κ2) is 30.8. The zero-order chi connectivity index (χ0) is 54.5. The Balaban J connectivity index is 0.992. The van der Waals surface area contributed by atoms with Crippen molar-refractivity contribution in [3.63, 3.8) is 0 Å². The number of phenolic OH excluding ortho intramolecular Hbond substituents is 1. The number of hydrogen-bond acceptors (Lipinski definition) is 10. The van der Waals surface area contributed by atoms with Gasteiger partial charge in [0.25, 0.3) is 0 Å². The molecule has 0 aromatic heterocycles. The van der Waals surface area contributed by atoms with Gasteiger partial charge in [-0.15, -0.1) is 0 Å². The number of rotatable bonds is 27. The Morgan fingerprint density at radius 2 is 1.12 bits per heavy atom. The molecule has 13 nitrogen and oxygen atoms in total. The molecule has 4 aliphatic carbocycles. The summed E-state index contributed by atoms with van der Waals surface area (Å²) in [5.41, 5.74) is 1.54. The van der Waals surface area contributed by atoms with E-state index < -0.39 is 5.60 Å². The predicted molar refractivity (Wildman–Crippen MR) is 295 cm³/mol. The van der Waals surface area contributed by atoms with Crippen molar-refractivity contribution in [2.24, 2.45) is 53.3 Å². The number of benzene rings is 2. The maximum atomic E-state index is 14.4. The molecule has 13 heteroatoms. The van der Waals surface area contributed by atoms with Gasteiger partial charge in [-0.1, -0.05) is 93.8 Å². The number of carbonyl (C=O) groups excluding carboxylic acids is 7. The van der Waals surface area contributed by atoms with E-state index in [-0.39, 0.29) is 113 Å². The molecule has 0 spiro atoms. The summed E-state index contributed by atoms with van der Waals surface area (Å²) in [7, 11) is 1.41. The van der Waals surface area contributed by atoms with Crippen LogP contribution in [0.25, 0.3) is 0 Å². The smallest absolute Gasteiger partial charge is 0.309 e. The molecule has 8 unspecified atom stereocenters. The van der Waals surface area contributed by atoms with Crippen LogP contribution in [0.4, 0.5) is 0 Å². The van der Waals surface area contributed by atoms with Crippen molar-refractivity contribution in [2.45, 2.75) is 206 Å². The van der Waals surface area contributed by atoms with E-state index in [9.17, 15) is 38.7 Å². The normalized spacial score (nSPS) is 24.7. The van der Waals surface area contributed by atoms with Crippen LogP contribution in [0, 0.1) is 53.3 Å². The summed E-state index contributed by atoms with van der Waals surface area (Å²) in [4.78, 5) is 94.5. The number of hydrogen-bond donors (Lipinski definition) is 4. The second-order valence-corrected chi connectivity index (χ2v) is 24.3. The molecule has 4 fully saturated rings. The lowest BCUT2D eigenvalue weighted by Gasteiger charge is -2.34. The summed E-state index contributed by atoms with van der Waals surface area (Å²) in [6.45, 7) is 6.46. The monoisotopic (exact) mass is 1050 g/mol. The standard InChI is InChI=1S/C63H93N3O10/c1-63(2,3)76-59(71)37-30-47-19-9-14-24-55(47)61(73)66-50(39-43-16-6-5-7-17-43)31-35-52(68)34-29-46-18-8-13-23-54(46)60(72)65-42-48-20-10-12-22-53(48)57(69)40-45(38-44-26-32-51(67)33-27-44)28-36-58(70)64-41-49-21-11-15-25-56(49)62(74)75-4/h5-7,16-17,26-27,32-33,45-50,53-56,67H,8-15,18-25,28-31,34-42H2,1-4H3,(H,64,70)(H,65,72)(H,66,73)/t45-,46?,47?,48?,49?,50-,53?,54?,55?,56?/m1/s1. The first-order valence-corrected chi connectivity index (χ1v) is 29.6. The number of esters is 2. The molecular weight excluding hydrogens is 959 g/mol. The average molecular weight is 1050 g/mol. The fourth-order valence-corrected chi connectivity index (χ4v) is 13.2. The van der Waals surface area contributed by atoms with Crippen LogP contribution in [0.5, 0.6) is 5.75 Å². The third kappa shape index (κ3) is 20.1. The highest BCUT2D eigenvalue weighted by atomic mass is 16.6. The van der Waals surface area contributed by atoms with E-state index in [0.29, 0.717) is 77.3 Å². The van der Waals surface area contributed by atoms with Gasteiger partial charge in [0.2, 0.25) is 17.7 Å². The first-order chi connectivity index (χ1) is 36.5. The molecule has 2 aromatic rings. The van der Waals surface area contributed by atoms with E-state index in [1.165, 1.54) is 7.11 Å². The summed E-state index contributed by atoms with van der Waals surface area (Å²) >= 11 is 0. The van der Waals surface area contributed by atoms with E-state index in [1.54, 1.807) is 12.1 Å². The summed E-state index contributed by atoms with van der Waals surface area (Å²) in [5, 5.41) is 19.7. The van der Waals surface area contributed by atoms with Gasteiger partial charge in [-0.05, 0) is 164 Å². The summed E-state index contributed by atoms with van der Waals surface area (Å²) in [6, 6.07) is 16.9. The van der Waals surface area contributed by atoms with Gasteiger partial charge in [-0.2, -0.15) is 0 Å². The SMILES string of the molecule is COC(=O)C1CCCCC1CNC(=O)CC[C@@H](CC(=O)C1CCCCC1CNC(=O)C1CCCCC1CCC(=O)CC[C@H](Cc1ccccc1)NC(=O)C1CCCCC1CCC(=O)OC(C)(C)C)Cc1ccc(O)cc1. The molecular formula is C63H93N3O10. The first-order valence-electron chi connectivity index (χ1n) is 29.6. The Morgan fingerprint density at radius 1 is 0.579 bits per heavy atom. The molecule has 4 N–H and O–H groups in total. The summed E-state index contributed by atoms with van der Waals surface area (Å²) in [6.07, 6.45) is 19.7. The minimum absolute atomic E-state index is 0.0112. The molecule has 6 rings (SSSR count). The van der Waals surface area contributed by atoms with Crippen molar-refractivity contribution in [2.75, 3.05) is 20.2 Å². The van der Waals surface area contributed by atoms with Gasteiger partial charge in [0.15, 0.2) is 0 Å². The van der Waals surface area contributed by atoms with Crippen LogP contribution in [0.3, 0.4) is 0 Å². The van der Waals surface area contributed by atoms with Crippen molar-refractivity contribution in [3.8, 4) is 5.75 Å². The van der Waals surface area contributed by atoms with Gasteiger partial charge in [0.1, 0.15) is 22.9 Å². The molecule has 0 aliphatic heterocycles. The van der Waals surface area contributed by atoms with Crippen LogP contribution in [-0.2, 0) is 55.9 Å². The number of carbonyl (C=O) groups is 7. The van der Waals surface area contributed by atoms with Gasteiger partial charge < -0.3 is 30.5 Å². The topological polar surface area (TPSA) is 194 Å². The molecule has 4 saturated carbocycles. The summed E-state index contributed by atoms with van der Waals surface area (Å²) < 4.78 is 10.6. The lowest BCUT2D eigenvalue weighted by atomic mass is 9.73. The number of Topliss-reactive ketones (excluding diaryl/α,β-unsaturated/α-hetero) is 2. The fraction of sp³-hybridized carbons (Fsp3) is 0.698. The number of amides is 3. The van der Waals surface area contributed by atoms with Crippen LogP contribution in [0.15, 0.2) is 54.6 Å². The maximum Gasteiger partial charge on any atom is 0.309 e. The third-order valence-corrected chi connectivity index (χ3v) is 17.4. The van der Waals surface area contributed by atoms with Crippen molar-refractivity contribution >= 4 is 41.2 Å². The van der Waals surface area contributed by atoms with E-state index in [0.717, 1.165) is 114 Å². The summed E-state index contributed by atoms with van der Waals surface area (Å²) in [5.74, 6) is -0.578. The molecule has 2 aromatic carbocycles. The van der Waals surface area contributed by atoms with Crippen LogP contribution >= 0.6 is 0 Å². The molecule has 0 saturated heterocycles. The molecule has 3 amide bonds. The van der Waals surface area contributed by atoms with Crippen LogP contribution in [0.2, 0.25) is 0 Å². The van der Waals surface area contributed by atoms with Gasteiger partial charge in [0, 0.05) is 69.0 Å². The van der Waals surface area contributed by atoms with E-state index >= 15 is 0 Å². The van der Waals surface area contributed by atoms with Crippen LogP contribution < -0.4 is 16.0 Å².